The lowest BCUT2D eigenvalue weighted by molar-refractivity contribution is 0.383. The monoisotopic (exact) mass is 229 g/mol. The predicted molar refractivity (Wildman–Crippen MR) is 75.0 cm³/mol. The van der Waals surface area contributed by atoms with Crippen molar-refractivity contribution in [2.75, 3.05) is 6.54 Å². The smallest absolute Gasteiger partial charge is 0.0167 e. The van der Waals surface area contributed by atoms with Gasteiger partial charge in [0.15, 0.2) is 0 Å². The van der Waals surface area contributed by atoms with E-state index < -0.39 is 0 Å². The summed E-state index contributed by atoms with van der Waals surface area (Å²) in [6, 6.07) is 11.3. The minimum Gasteiger partial charge on any atom is -0.310 e. The molecule has 1 nitrogen and oxygen atoms in total. The topological polar surface area (TPSA) is 12.0 Å². The molecule has 0 heterocycles. The maximum Gasteiger partial charge on any atom is 0.0167 e. The minimum absolute atomic E-state index is 0.753. The number of hydrogen-bond acceptors (Lipinski definition) is 1. The maximum absolute atomic E-state index is 3.67. The normalized spacial score (nSPS) is 18.3. The molecule has 0 aliphatic heterocycles. The van der Waals surface area contributed by atoms with Crippen molar-refractivity contribution in [3.63, 3.8) is 0 Å². The van der Waals surface area contributed by atoms with E-state index in [4.69, 9.17) is 0 Å². The van der Waals surface area contributed by atoms with Gasteiger partial charge >= 0.3 is 0 Å². The number of nitrogens with one attached hydrogen (secondary N) is 1. The Bertz CT molecular complexity index is 347. The van der Waals surface area contributed by atoms with Crippen molar-refractivity contribution < 1.29 is 0 Å². The van der Waals surface area contributed by atoms with Crippen LogP contribution in [0.4, 0.5) is 0 Å². The Hall–Kier alpha value is -1.08. The molecular formula is C16H23N. The second kappa shape index (κ2) is 6.61. The first kappa shape index (κ1) is 12.4. The predicted octanol–water partition coefficient (Wildman–Crippen LogP) is 4.01. The van der Waals surface area contributed by atoms with Crippen molar-refractivity contribution in [1.29, 1.82) is 0 Å². The first-order valence-corrected chi connectivity index (χ1v) is 6.80. The average Bonchev–Trinajstić information content (AvgIpc) is 2.39. The molecule has 1 N–H and O–H groups in total. The van der Waals surface area contributed by atoms with Crippen molar-refractivity contribution >= 4 is 6.08 Å². The molecular weight excluding hydrogens is 206 g/mol. The van der Waals surface area contributed by atoms with Crippen LogP contribution in [-0.2, 0) is 0 Å². The number of rotatable bonds is 4. The van der Waals surface area contributed by atoms with Crippen LogP contribution < -0.4 is 5.32 Å². The van der Waals surface area contributed by atoms with Gasteiger partial charge in [0.2, 0.25) is 0 Å². The van der Waals surface area contributed by atoms with E-state index in [9.17, 15) is 0 Å². The molecule has 2 rings (SSSR count). The van der Waals surface area contributed by atoms with Gasteiger partial charge in [-0.25, -0.2) is 0 Å². The molecule has 1 aromatic rings. The molecule has 0 spiro atoms. The highest BCUT2D eigenvalue weighted by atomic mass is 14.9. The molecule has 1 saturated carbocycles. The molecule has 0 saturated heterocycles. The van der Waals surface area contributed by atoms with Crippen LogP contribution >= 0.6 is 0 Å². The Labute approximate surface area is 105 Å². The molecule has 1 heteroatoms. The van der Waals surface area contributed by atoms with Crippen molar-refractivity contribution in [2.45, 2.75) is 45.1 Å². The summed E-state index contributed by atoms with van der Waals surface area (Å²) in [5, 5.41) is 3.67. The van der Waals surface area contributed by atoms with Crippen molar-refractivity contribution in [3.05, 3.63) is 41.5 Å². The Morgan fingerprint density at radius 1 is 1.18 bits per heavy atom. The summed E-state index contributed by atoms with van der Waals surface area (Å²) in [7, 11) is 0. The quantitative estimate of drug-likeness (QED) is 0.822. The molecule has 1 aliphatic rings. The summed E-state index contributed by atoms with van der Waals surface area (Å²) in [6.45, 7) is 3.24. The molecule has 0 unspecified atom stereocenters. The summed E-state index contributed by atoms with van der Waals surface area (Å²) >= 11 is 0. The Morgan fingerprint density at radius 3 is 2.59 bits per heavy atom. The molecule has 1 aliphatic carbocycles. The summed E-state index contributed by atoms with van der Waals surface area (Å²) in [5.74, 6) is 0. The van der Waals surface area contributed by atoms with E-state index in [0.717, 1.165) is 12.6 Å². The second-order valence-electron chi connectivity index (χ2n) is 5.12. The van der Waals surface area contributed by atoms with E-state index in [1.54, 1.807) is 0 Å². The van der Waals surface area contributed by atoms with Gasteiger partial charge in [-0.05, 0) is 25.3 Å². The zero-order valence-corrected chi connectivity index (χ0v) is 10.8. The van der Waals surface area contributed by atoms with E-state index in [0.29, 0.717) is 0 Å². The fourth-order valence-electron chi connectivity index (χ4n) is 2.50. The molecule has 0 amide bonds. The van der Waals surface area contributed by atoms with Gasteiger partial charge in [0.25, 0.3) is 0 Å². The van der Waals surface area contributed by atoms with Crippen LogP contribution in [0.1, 0.15) is 44.6 Å². The van der Waals surface area contributed by atoms with Crippen LogP contribution in [0.3, 0.4) is 0 Å². The molecule has 0 aromatic heterocycles. The number of benzene rings is 1. The third kappa shape index (κ3) is 4.35. The minimum atomic E-state index is 0.753. The molecule has 0 bridgehead atoms. The summed E-state index contributed by atoms with van der Waals surface area (Å²) in [6.07, 6.45) is 9.22. The fraction of sp³-hybridized carbons (Fsp3) is 0.500. The highest BCUT2D eigenvalue weighted by Crippen LogP contribution is 2.17. The van der Waals surface area contributed by atoms with Gasteiger partial charge in [0.1, 0.15) is 0 Å². The molecule has 0 atom stereocenters. The van der Waals surface area contributed by atoms with Gasteiger partial charge in [-0.15, -0.1) is 0 Å². The highest BCUT2D eigenvalue weighted by molar-refractivity contribution is 5.52. The first-order valence-electron chi connectivity index (χ1n) is 6.80. The Balaban J connectivity index is 1.80. The second-order valence-corrected chi connectivity index (χ2v) is 5.12. The summed E-state index contributed by atoms with van der Waals surface area (Å²) in [5.41, 5.74) is 2.72. The molecule has 17 heavy (non-hydrogen) atoms. The lowest BCUT2D eigenvalue weighted by Crippen LogP contribution is -2.32. The van der Waals surface area contributed by atoms with Gasteiger partial charge in [0.05, 0.1) is 0 Å². The Kier molecular flexibility index (Phi) is 4.81. The molecule has 1 aromatic carbocycles. The SMILES string of the molecule is CC(=Cc1ccccc1)CNC1CCCCC1. The van der Waals surface area contributed by atoms with Crippen molar-refractivity contribution in [2.24, 2.45) is 0 Å². The van der Waals surface area contributed by atoms with E-state index in [1.165, 1.54) is 43.2 Å². The standard InChI is InChI=1S/C16H23N/c1-14(12-15-8-4-2-5-9-15)13-17-16-10-6-3-7-11-16/h2,4-5,8-9,12,16-17H,3,6-7,10-11,13H2,1H3. The van der Waals surface area contributed by atoms with Crippen molar-refractivity contribution in [1.82, 2.24) is 5.32 Å². The maximum atomic E-state index is 3.67. The molecule has 92 valence electrons. The summed E-state index contributed by atoms with van der Waals surface area (Å²) < 4.78 is 0. The summed E-state index contributed by atoms with van der Waals surface area (Å²) in [4.78, 5) is 0. The van der Waals surface area contributed by atoms with E-state index >= 15 is 0 Å². The zero-order chi connectivity index (χ0) is 11.9. The lowest BCUT2D eigenvalue weighted by Gasteiger charge is -2.23. The lowest BCUT2D eigenvalue weighted by atomic mass is 9.95. The van der Waals surface area contributed by atoms with Gasteiger partial charge in [0, 0.05) is 12.6 Å². The van der Waals surface area contributed by atoms with Gasteiger partial charge in [-0.1, -0.05) is 61.2 Å². The van der Waals surface area contributed by atoms with E-state index in [2.05, 4.69) is 48.6 Å². The van der Waals surface area contributed by atoms with Crippen LogP contribution in [0, 0.1) is 0 Å². The fourth-order valence-corrected chi connectivity index (χ4v) is 2.50. The largest absolute Gasteiger partial charge is 0.310 e. The molecule has 1 fully saturated rings. The van der Waals surface area contributed by atoms with Crippen LogP contribution in [0.15, 0.2) is 35.9 Å². The van der Waals surface area contributed by atoms with E-state index in [-0.39, 0.29) is 0 Å². The zero-order valence-electron chi connectivity index (χ0n) is 10.8. The average molecular weight is 229 g/mol. The molecule has 0 radical (unpaired) electrons. The van der Waals surface area contributed by atoms with E-state index in [1.807, 2.05) is 0 Å². The number of hydrogen-bond donors (Lipinski definition) is 1. The van der Waals surface area contributed by atoms with Crippen LogP contribution in [0.2, 0.25) is 0 Å². The van der Waals surface area contributed by atoms with Crippen LogP contribution in [0.25, 0.3) is 6.08 Å². The van der Waals surface area contributed by atoms with Crippen molar-refractivity contribution in [3.8, 4) is 0 Å². The van der Waals surface area contributed by atoms with Crippen LogP contribution in [0.5, 0.6) is 0 Å². The third-order valence-electron chi connectivity index (χ3n) is 3.49. The van der Waals surface area contributed by atoms with Crippen LogP contribution in [-0.4, -0.2) is 12.6 Å². The third-order valence-corrected chi connectivity index (χ3v) is 3.49. The van der Waals surface area contributed by atoms with Gasteiger partial charge in [-0.3, -0.25) is 0 Å². The first-order chi connectivity index (χ1) is 8.34. The van der Waals surface area contributed by atoms with Gasteiger partial charge in [-0.2, -0.15) is 0 Å². The highest BCUT2D eigenvalue weighted by Gasteiger charge is 2.11. The van der Waals surface area contributed by atoms with Gasteiger partial charge < -0.3 is 5.32 Å². The Morgan fingerprint density at radius 2 is 1.88 bits per heavy atom.